The number of nitrogens with zero attached hydrogens (tertiary/aromatic N) is 2. The molecule has 0 aliphatic heterocycles. The van der Waals surface area contributed by atoms with Crippen LogP contribution in [0.5, 0.6) is 0 Å². The lowest BCUT2D eigenvalue weighted by Gasteiger charge is -2.09. The normalized spacial score (nSPS) is 10.6. The number of fused-ring (bicyclic) bond motifs is 1. The fraction of sp³-hybridized carbons (Fsp3) is 0.0667. The van der Waals surface area contributed by atoms with E-state index in [9.17, 15) is 0 Å². The molecule has 4 heteroatoms. The summed E-state index contributed by atoms with van der Waals surface area (Å²) in [6.45, 7) is 0. The van der Waals surface area contributed by atoms with Crippen molar-refractivity contribution < 1.29 is 0 Å². The summed E-state index contributed by atoms with van der Waals surface area (Å²) in [4.78, 5) is 0. The van der Waals surface area contributed by atoms with Crippen LogP contribution in [0.2, 0.25) is 5.02 Å². The van der Waals surface area contributed by atoms with Crippen molar-refractivity contribution in [2.45, 2.75) is 0 Å². The SMILES string of the molecule is CNc1nnc(-c2ccccc2Cl)c2ccccc12. The number of hydrogen-bond acceptors (Lipinski definition) is 3. The Morgan fingerprint density at radius 3 is 2.32 bits per heavy atom. The van der Waals surface area contributed by atoms with Crippen LogP contribution in [0.4, 0.5) is 5.82 Å². The first-order chi connectivity index (χ1) is 9.31. The zero-order chi connectivity index (χ0) is 13.2. The quantitative estimate of drug-likeness (QED) is 0.764. The summed E-state index contributed by atoms with van der Waals surface area (Å²) in [5.41, 5.74) is 1.70. The standard InChI is InChI=1S/C15H12ClN3/c1-17-15-11-7-3-2-6-10(11)14(18-19-15)12-8-4-5-9-13(12)16/h2-9H,1H3,(H,17,19). The molecule has 0 aliphatic carbocycles. The molecule has 1 heterocycles. The maximum absolute atomic E-state index is 6.25. The minimum absolute atomic E-state index is 0.680. The number of aromatic nitrogens is 2. The number of hydrogen-bond donors (Lipinski definition) is 1. The molecular formula is C15H12ClN3. The van der Waals surface area contributed by atoms with E-state index in [2.05, 4.69) is 15.5 Å². The summed E-state index contributed by atoms with van der Waals surface area (Å²) >= 11 is 6.25. The minimum atomic E-state index is 0.680. The van der Waals surface area contributed by atoms with Crippen LogP contribution in [-0.4, -0.2) is 17.2 Å². The highest BCUT2D eigenvalue weighted by atomic mass is 35.5. The lowest BCUT2D eigenvalue weighted by molar-refractivity contribution is 1.06. The van der Waals surface area contributed by atoms with E-state index in [-0.39, 0.29) is 0 Å². The van der Waals surface area contributed by atoms with Gasteiger partial charge in [0.2, 0.25) is 0 Å². The van der Waals surface area contributed by atoms with Gasteiger partial charge in [0, 0.05) is 23.4 Å². The van der Waals surface area contributed by atoms with Gasteiger partial charge in [-0.1, -0.05) is 54.1 Å². The highest BCUT2D eigenvalue weighted by Crippen LogP contribution is 2.33. The first-order valence-corrected chi connectivity index (χ1v) is 6.37. The predicted molar refractivity (Wildman–Crippen MR) is 79.5 cm³/mol. The summed E-state index contributed by atoms with van der Waals surface area (Å²) in [6, 6.07) is 15.7. The Labute approximate surface area is 116 Å². The molecule has 0 saturated heterocycles. The molecule has 19 heavy (non-hydrogen) atoms. The predicted octanol–water partition coefficient (Wildman–Crippen LogP) is 3.99. The molecule has 0 atom stereocenters. The van der Waals surface area contributed by atoms with Gasteiger partial charge in [0.1, 0.15) is 5.69 Å². The molecule has 0 spiro atoms. The Balaban J connectivity index is 2.35. The van der Waals surface area contributed by atoms with Crippen molar-refractivity contribution in [2.75, 3.05) is 12.4 Å². The smallest absolute Gasteiger partial charge is 0.156 e. The van der Waals surface area contributed by atoms with Crippen molar-refractivity contribution in [3.05, 3.63) is 53.6 Å². The van der Waals surface area contributed by atoms with Crippen molar-refractivity contribution in [1.82, 2.24) is 10.2 Å². The summed E-state index contributed by atoms with van der Waals surface area (Å²) in [5, 5.41) is 14.3. The molecule has 1 N–H and O–H groups in total. The number of anilines is 1. The van der Waals surface area contributed by atoms with Crippen molar-refractivity contribution in [3.8, 4) is 11.3 Å². The van der Waals surface area contributed by atoms with Gasteiger partial charge in [0.05, 0.1) is 5.02 Å². The topological polar surface area (TPSA) is 37.8 Å². The first kappa shape index (κ1) is 11.9. The Bertz CT molecular complexity index is 740. The van der Waals surface area contributed by atoms with Crippen molar-refractivity contribution in [2.24, 2.45) is 0 Å². The number of nitrogens with one attached hydrogen (secondary N) is 1. The Hall–Kier alpha value is -2.13. The monoisotopic (exact) mass is 269 g/mol. The summed E-state index contributed by atoms with van der Waals surface area (Å²) in [6.07, 6.45) is 0. The molecule has 1 aromatic heterocycles. The van der Waals surface area contributed by atoms with Crippen LogP contribution < -0.4 is 5.32 Å². The van der Waals surface area contributed by atoms with E-state index < -0.39 is 0 Å². The fourth-order valence-corrected chi connectivity index (χ4v) is 2.37. The lowest BCUT2D eigenvalue weighted by Crippen LogP contribution is -1.98. The summed E-state index contributed by atoms with van der Waals surface area (Å²) in [5.74, 6) is 0.770. The zero-order valence-corrected chi connectivity index (χ0v) is 11.1. The Morgan fingerprint density at radius 2 is 1.58 bits per heavy atom. The molecule has 3 aromatic rings. The van der Waals surface area contributed by atoms with E-state index in [1.807, 2.05) is 55.6 Å². The third-order valence-electron chi connectivity index (χ3n) is 3.05. The Morgan fingerprint density at radius 1 is 0.895 bits per heavy atom. The first-order valence-electron chi connectivity index (χ1n) is 5.99. The van der Waals surface area contributed by atoms with Crippen LogP contribution in [0.15, 0.2) is 48.5 Å². The molecule has 3 rings (SSSR count). The van der Waals surface area contributed by atoms with E-state index >= 15 is 0 Å². The van der Waals surface area contributed by atoms with Crippen LogP contribution in [-0.2, 0) is 0 Å². The third-order valence-corrected chi connectivity index (χ3v) is 3.38. The molecule has 2 aromatic carbocycles. The zero-order valence-electron chi connectivity index (χ0n) is 10.4. The van der Waals surface area contributed by atoms with E-state index in [4.69, 9.17) is 11.6 Å². The molecule has 3 nitrogen and oxygen atoms in total. The van der Waals surface area contributed by atoms with Gasteiger partial charge in [-0.2, -0.15) is 0 Å². The van der Waals surface area contributed by atoms with E-state index in [1.165, 1.54) is 0 Å². The van der Waals surface area contributed by atoms with Crippen LogP contribution in [0.1, 0.15) is 0 Å². The van der Waals surface area contributed by atoms with Crippen molar-refractivity contribution >= 4 is 28.2 Å². The summed E-state index contributed by atoms with van der Waals surface area (Å²) < 4.78 is 0. The van der Waals surface area contributed by atoms with Gasteiger partial charge in [-0.25, -0.2) is 0 Å². The maximum Gasteiger partial charge on any atom is 0.156 e. The van der Waals surface area contributed by atoms with Crippen LogP contribution >= 0.6 is 11.6 Å². The van der Waals surface area contributed by atoms with Gasteiger partial charge in [-0.15, -0.1) is 10.2 Å². The van der Waals surface area contributed by atoms with Crippen molar-refractivity contribution in [1.29, 1.82) is 0 Å². The van der Waals surface area contributed by atoms with Crippen LogP contribution in [0.3, 0.4) is 0 Å². The van der Waals surface area contributed by atoms with E-state index in [0.29, 0.717) is 5.02 Å². The van der Waals surface area contributed by atoms with Crippen LogP contribution in [0, 0.1) is 0 Å². The fourth-order valence-electron chi connectivity index (χ4n) is 2.14. The van der Waals surface area contributed by atoms with E-state index in [0.717, 1.165) is 27.8 Å². The second-order valence-corrected chi connectivity index (χ2v) is 4.58. The molecule has 0 unspecified atom stereocenters. The second kappa shape index (κ2) is 4.86. The third kappa shape index (κ3) is 2.02. The minimum Gasteiger partial charge on any atom is -0.371 e. The van der Waals surface area contributed by atoms with Crippen LogP contribution in [0.25, 0.3) is 22.0 Å². The average Bonchev–Trinajstić information content (AvgIpc) is 2.47. The van der Waals surface area contributed by atoms with Gasteiger partial charge < -0.3 is 5.32 Å². The molecule has 0 bridgehead atoms. The highest BCUT2D eigenvalue weighted by Gasteiger charge is 2.11. The second-order valence-electron chi connectivity index (χ2n) is 4.17. The van der Waals surface area contributed by atoms with Gasteiger partial charge in [0.15, 0.2) is 5.82 Å². The lowest BCUT2D eigenvalue weighted by atomic mass is 10.0. The number of halogens is 1. The summed E-state index contributed by atoms with van der Waals surface area (Å²) in [7, 11) is 1.84. The molecule has 0 aliphatic rings. The molecule has 0 amide bonds. The van der Waals surface area contributed by atoms with Gasteiger partial charge in [-0.3, -0.25) is 0 Å². The molecule has 0 radical (unpaired) electrons. The highest BCUT2D eigenvalue weighted by molar-refractivity contribution is 6.33. The number of rotatable bonds is 2. The van der Waals surface area contributed by atoms with Crippen molar-refractivity contribution in [3.63, 3.8) is 0 Å². The Kier molecular flexibility index (Phi) is 3.05. The average molecular weight is 270 g/mol. The van der Waals surface area contributed by atoms with Gasteiger partial charge >= 0.3 is 0 Å². The van der Waals surface area contributed by atoms with Gasteiger partial charge in [0.25, 0.3) is 0 Å². The molecular weight excluding hydrogens is 258 g/mol. The van der Waals surface area contributed by atoms with Gasteiger partial charge in [-0.05, 0) is 6.07 Å². The maximum atomic E-state index is 6.25. The molecule has 0 fully saturated rings. The number of benzene rings is 2. The molecule has 94 valence electrons. The molecule has 0 saturated carbocycles. The largest absolute Gasteiger partial charge is 0.371 e. The van der Waals surface area contributed by atoms with E-state index in [1.54, 1.807) is 0 Å².